The van der Waals surface area contributed by atoms with E-state index in [2.05, 4.69) is 71.3 Å². The summed E-state index contributed by atoms with van der Waals surface area (Å²) in [5.74, 6) is 0.0280. The lowest BCUT2D eigenvalue weighted by molar-refractivity contribution is 0.0946. The van der Waals surface area contributed by atoms with Gasteiger partial charge in [0.15, 0.2) is 0 Å². The number of benzene rings is 4. The first-order chi connectivity index (χ1) is 14.3. The lowest BCUT2D eigenvalue weighted by Gasteiger charge is -2.08. The molecule has 138 valence electrons. The Hall–Kier alpha value is -3.85. The maximum absolute atomic E-state index is 12.7. The van der Waals surface area contributed by atoms with Crippen molar-refractivity contribution >= 4 is 49.5 Å². The summed E-state index contributed by atoms with van der Waals surface area (Å²) in [6.45, 7) is 1.64. The Labute approximate surface area is 167 Å². The molecule has 0 amide bonds. The van der Waals surface area contributed by atoms with Crippen LogP contribution in [0.5, 0.6) is 0 Å². The lowest BCUT2D eigenvalue weighted by Crippen LogP contribution is -2.04. The molecule has 0 saturated carbocycles. The molecule has 4 aromatic carbocycles. The summed E-state index contributed by atoms with van der Waals surface area (Å²) in [6, 6.07) is 31.3. The van der Waals surface area contributed by atoms with Gasteiger partial charge in [0, 0.05) is 34.2 Å². The molecule has 6 rings (SSSR count). The van der Waals surface area contributed by atoms with Crippen molar-refractivity contribution < 1.29 is 4.79 Å². The SMILES string of the molecule is CC(=O)n1c2ccccc2c2ccc3c(c4ccccc4n3-c3ccccc3)c21. The predicted octanol–water partition coefficient (Wildman–Crippen LogP) is 6.55. The highest BCUT2D eigenvalue weighted by Crippen LogP contribution is 2.40. The number of nitrogens with zero attached hydrogens (tertiary/aromatic N) is 2. The number of hydrogen-bond acceptors (Lipinski definition) is 1. The van der Waals surface area contributed by atoms with E-state index in [1.807, 2.05) is 28.8 Å². The average molecular weight is 374 g/mol. The van der Waals surface area contributed by atoms with Gasteiger partial charge in [-0.25, -0.2) is 0 Å². The third-order valence-corrected chi connectivity index (χ3v) is 5.80. The molecule has 3 nitrogen and oxygen atoms in total. The zero-order valence-corrected chi connectivity index (χ0v) is 16.0. The van der Waals surface area contributed by atoms with E-state index in [4.69, 9.17) is 0 Å². The second-order valence-corrected chi connectivity index (χ2v) is 7.42. The molecule has 2 heterocycles. The quantitative estimate of drug-likeness (QED) is 0.320. The largest absolute Gasteiger partial charge is 0.309 e. The summed E-state index contributed by atoms with van der Waals surface area (Å²) in [6.07, 6.45) is 0. The van der Waals surface area contributed by atoms with Crippen molar-refractivity contribution in [3.63, 3.8) is 0 Å². The molecule has 0 aliphatic heterocycles. The molecule has 3 heteroatoms. The number of aromatic nitrogens is 2. The lowest BCUT2D eigenvalue weighted by atomic mass is 10.1. The molecular formula is C26H18N2O. The molecule has 6 aromatic rings. The number of para-hydroxylation sites is 3. The summed E-state index contributed by atoms with van der Waals surface area (Å²) in [5, 5.41) is 4.49. The van der Waals surface area contributed by atoms with Crippen LogP contribution in [-0.2, 0) is 0 Å². The molecule has 0 saturated heterocycles. The maximum Gasteiger partial charge on any atom is 0.228 e. The van der Waals surface area contributed by atoms with Crippen LogP contribution in [-0.4, -0.2) is 15.0 Å². The number of carbonyl (C=O) groups excluding carboxylic acids is 1. The second kappa shape index (κ2) is 5.82. The van der Waals surface area contributed by atoms with Crippen LogP contribution >= 0.6 is 0 Å². The van der Waals surface area contributed by atoms with Gasteiger partial charge in [-0.2, -0.15) is 0 Å². The molecule has 0 aliphatic rings. The fraction of sp³-hybridized carbons (Fsp3) is 0.0385. The van der Waals surface area contributed by atoms with Crippen molar-refractivity contribution in [3.05, 3.63) is 91.0 Å². The Kier molecular flexibility index (Phi) is 3.24. The highest BCUT2D eigenvalue weighted by Gasteiger charge is 2.20. The fourth-order valence-corrected chi connectivity index (χ4v) is 4.69. The minimum absolute atomic E-state index is 0.0280. The molecule has 0 spiro atoms. The van der Waals surface area contributed by atoms with E-state index in [9.17, 15) is 4.79 Å². The molecule has 0 bridgehead atoms. The molecule has 2 aromatic heterocycles. The van der Waals surface area contributed by atoms with Gasteiger partial charge >= 0.3 is 0 Å². The van der Waals surface area contributed by atoms with Crippen LogP contribution in [0.4, 0.5) is 0 Å². The first-order valence-electron chi connectivity index (χ1n) is 9.77. The predicted molar refractivity (Wildman–Crippen MR) is 120 cm³/mol. The van der Waals surface area contributed by atoms with E-state index in [-0.39, 0.29) is 5.91 Å². The third kappa shape index (κ3) is 2.10. The van der Waals surface area contributed by atoms with Crippen molar-refractivity contribution in [2.45, 2.75) is 6.92 Å². The Balaban J connectivity index is 1.94. The standard InChI is InChI=1S/C26H18N2O/c1-17(29)27-22-13-7-5-11-19(22)20-15-16-24-25(26(20)27)21-12-6-8-14-23(21)28(24)18-9-3-2-4-10-18/h2-16H,1H3. The number of hydrogen-bond donors (Lipinski definition) is 0. The zero-order chi connectivity index (χ0) is 19.5. The molecule has 0 radical (unpaired) electrons. The third-order valence-electron chi connectivity index (χ3n) is 5.80. The normalized spacial score (nSPS) is 11.8. The second-order valence-electron chi connectivity index (χ2n) is 7.42. The van der Waals surface area contributed by atoms with E-state index in [1.54, 1.807) is 6.92 Å². The smallest absolute Gasteiger partial charge is 0.228 e. The highest BCUT2D eigenvalue weighted by atomic mass is 16.1. The number of carbonyl (C=O) groups is 1. The van der Waals surface area contributed by atoms with Crippen LogP contribution < -0.4 is 0 Å². The van der Waals surface area contributed by atoms with Crippen LogP contribution in [0, 0.1) is 0 Å². The highest BCUT2D eigenvalue weighted by molar-refractivity contribution is 6.27. The maximum atomic E-state index is 12.7. The zero-order valence-electron chi connectivity index (χ0n) is 16.0. The Morgan fingerprint density at radius 2 is 1.28 bits per heavy atom. The summed E-state index contributed by atoms with van der Waals surface area (Å²) in [4.78, 5) is 12.7. The first kappa shape index (κ1) is 16.1. The first-order valence-corrected chi connectivity index (χ1v) is 9.77. The monoisotopic (exact) mass is 374 g/mol. The molecule has 0 N–H and O–H groups in total. The van der Waals surface area contributed by atoms with Gasteiger partial charge in [0.1, 0.15) is 0 Å². The fourth-order valence-electron chi connectivity index (χ4n) is 4.69. The summed E-state index contributed by atoms with van der Waals surface area (Å²) in [7, 11) is 0. The molecule has 0 fully saturated rings. The molecule has 29 heavy (non-hydrogen) atoms. The van der Waals surface area contributed by atoms with Crippen molar-refractivity contribution in [2.75, 3.05) is 0 Å². The van der Waals surface area contributed by atoms with Crippen molar-refractivity contribution in [3.8, 4) is 5.69 Å². The van der Waals surface area contributed by atoms with Crippen LogP contribution in [0.1, 0.15) is 11.7 Å². The van der Waals surface area contributed by atoms with Gasteiger partial charge in [-0.1, -0.05) is 60.7 Å². The van der Waals surface area contributed by atoms with Crippen molar-refractivity contribution in [1.82, 2.24) is 9.13 Å². The van der Waals surface area contributed by atoms with Gasteiger partial charge in [0.25, 0.3) is 0 Å². The molecular weight excluding hydrogens is 356 g/mol. The van der Waals surface area contributed by atoms with Gasteiger partial charge in [0.05, 0.1) is 22.1 Å². The van der Waals surface area contributed by atoms with Crippen molar-refractivity contribution in [1.29, 1.82) is 0 Å². The van der Waals surface area contributed by atoms with Gasteiger partial charge in [-0.05, 0) is 30.3 Å². The number of fused-ring (bicyclic) bond motifs is 7. The Bertz CT molecular complexity index is 1570. The van der Waals surface area contributed by atoms with E-state index >= 15 is 0 Å². The van der Waals surface area contributed by atoms with Crippen LogP contribution in [0.15, 0.2) is 91.0 Å². The average Bonchev–Trinajstić information content (AvgIpc) is 3.27. The van der Waals surface area contributed by atoms with E-state index < -0.39 is 0 Å². The minimum atomic E-state index is 0.0280. The Morgan fingerprint density at radius 1 is 0.621 bits per heavy atom. The van der Waals surface area contributed by atoms with Crippen LogP contribution in [0.3, 0.4) is 0 Å². The topological polar surface area (TPSA) is 26.9 Å². The Morgan fingerprint density at radius 3 is 2.03 bits per heavy atom. The summed E-state index contributed by atoms with van der Waals surface area (Å²) in [5.41, 5.74) is 5.31. The van der Waals surface area contributed by atoms with Crippen LogP contribution in [0.2, 0.25) is 0 Å². The summed E-state index contributed by atoms with van der Waals surface area (Å²) < 4.78 is 4.15. The minimum Gasteiger partial charge on any atom is -0.309 e. The van der Waals surface area contributed by atoms with E-state index in [0.717, 1.165) is 49.3 Å². The van der Waals surface area contributed by atoms with Gasteiger partial charge in [-0.15, -0.1) is 0 Å². The van der Waals surface area contributed by atoms with E-state index in [0.29, 0.717) is 0 Å². The van der Waals surface area contributed by atoms with Crippen LogP contribution in [0.25, 0.3) is 49.3 Å². The molecule has 0 aliphatic carbocycles. The van der Waals surface area contributed by atoms with Gasteiger partial charge in [-0.3, -0.25) is 9.36 Å². The van der Waals surface area contributed by atoms with Gasteiger partial charge < -0.3 is 4.57 Å². The van der Waals surface area contributed by atoms with Gasteiger partial charge in [0.2, 0.25) is 5.91 Å². The number of rotatable bonds is 1. The molecule has 0 atom stereocenters. The van der Waals surface area contributed by atoms with E-state index in [1.165, 1.54) is 0 Å². The van der Waals surface area contributed by atoms with Crippen molar-refractivity contribution in [2.24, 2.45) is 0 Å². The molecule has 0 unspecified atom stereocenters. The summed E-state index contributed by atoms with van der Waals surface area (Å²) >= 11 is 0.